The largest absolute Gasteiger partial charge is 0.437 e. The molecule has 0 saturated carbocycles. The van der Waals surface area contributed by atoms with Crippen LogP contribution in [-0.4, -0.2) is 4.98 Å². The minimum Gasteiger partial charge on any atom is -0.437 e. The fourth-order valence-electron chi connectivity index (χ4n) is 4.84. The molecular weight excluding hydrogens is 412 g/mol. The Hall–Kier alpha value is -3.31. The van der Waals surface area contributed by atoms with Gasteiger partial charge in [-0.25, -0.2) is 9.78 Å². The Bertz CT molecular complexity index is 1410. The number of halogens is 1. The van der Waals surface area contributed by atoms with Crippen molar-refractivity contribution in [3.8, 4) is 11.6 Å². The smallest absolute Gasteiger partial charge is 0.344 e. The van der Waals surface area contributed by atoms with Crippen LogP contribution in [0.15, 0.2) is 57.7 Å². The number of hydrogen-bond donors (Lipinski definition) is 1. The summed E-state index contributed by atoms with van der Waals surface area (Å²) < 4.78 is 12.0. The standard InChI is InChI=1S/C25H19ClN2O3/c26-14-11-9-13(10-12-14)19-20-22(27)15-5-1-3-7-17(15)28-24(20)31-23-16-6-2-4-8-18(16)30-25(29)21(19)23/h2,4,6,8-12,19H,1,3,5,7H2,(H2,27,28). The van der Waals surface area contributed by atoms with E-state index in [0.717, 1.165) is 53.5 Å². The van der Waals surface area contributed by atoms with Gasteiger partial charge in [-0.3, -0.25) is 0 Å². The number of aryl methyl sites for hydroxylation is 1. The normalized spacial score (nSPS) is 16.9. The predicted octanol–water partition coefficient (Wildman–Crippen LogP) is 5.59. The number of para-hydroxylation sites is 1. The fourth-order valence-corrected chi connectivity index (χ4v) is 4.97. The molecule has 154 valence electrons. The van der Waals surface area contributed by atoms with E-state index >= 15 is 0 Å². The van der Waals surface area contributed by atoms with E-state index in [0.29, 0.717) is 33.5 Å². The minimum atomic E-state index is -0.448. The van der Waals surface area contributed by atoms with Crippen LogP contribution >= 0.6 is 11.6 Å². The second-order valence-electron chi connectivity index (χ2n) is 8.09. The lowest BCUT2D eigenvalue weighted by atomic mass is 9.81. The van der Waals surface area contributed by atoms with Crippen molar-refractivity contribution in [3.63, 3.8) is 0 Å². The molecule has 2 N–H and O–H groups in total. The number of fused-ring (bicyclic) bond motifs is 5. The Kier molecular flexibility index (Phi) is 4.08. The van der Waals surface area contributed by atoms with Gasteiger partial charge in [-0.05, 0) is 61.1 Å². The summed E-state index contributed by atoms with van der Waals surface area (Å²) in [5.74, 6) is 0.514. The lowest BCUT2D eigenvalue weighted by Crippen LogP contribution is -2.24. The molecule has 0 radical (unpaired) electrons. The van der Waals surface area contributed by atoms with E-state index in [1.54, 1.807) is 6.07 Å². The van der Waals surface area contributed by atoms with E-state index in [1.807, 2.05) is 42.5 Å². The summed E-state index contributed by atoms with van der Waals surface area (Å²) in [5, 5.41) is 1.36. The Labute approximate surface area is 183 Å². The van der Waals surface area contributed by atoms with E-state index in [2.05, 4.69) is 0 Å². The van der Waals surface area contributed by atoms with Crippen molar-refractivity contribution >= 4 is 28.3 Å². The van der Waals surface area contributed by atoms with Crippen molar-refractivity contribution in [2.24, 2.45) is 0 Å². The van der Waals surface area contributed by atoms with Crippen molar-refractivity contribution in [1.82, 2.24) is 4.98 Å². The van der Waals surface area contributed by atoms with Crippen LogP contribution in [0, 0.1) is 0 Å². The summed E-state index contributed by atoms with van der Waals surface area (Å²) in [6, 6.07) is 14.8. The average molecular weight is 431 g/mol. The Morgan fingerprint density at radius 1 is 1.00 bits per heavy atom. The number of aromatic nitrogens is 1. The number of benzene rings is 2. The lowest BCUT2D eigenvalue weighted by Gasteiger charge is -2.31. The van der Waals surface area contributed by atoms with E-state index in [9.17, 15) is 4.79 Å². The first-order chi connectivity index (χ1) is 15.1. The molecule has 1 aliphatic carbocycles. The number of rotatable bonds is 1. The highest BCUT2D eigenvalue weighted by Crippen LogP contribution is 2.51. The van der Waals surface area contributed by atoms with Gasteiger partial charge in [0.2, 0.25) is 5.88 Å². The van der Waals surface area contributed by atoms with Crippen molar-refractivity contribution in [2.45, 2.75) is 31.6 Å². The molecular formula is C25H19ClN2O3. The highest BCUT2D eigenvalue weighted by atomic mass is 35.5. The van der Waals surface area contributed by atoms with Crippen molar-refractivity contribution in [2.75, 3.05) is 5.73 Å². The molecule has 0 spiro atoms. The molecule has 1 aliphatic heterocycles. The number of anilines is 1. The summed E-state index contributed by atoms with van der Waals surface area (Å²) in [7, 11) is 0. The van der Waals surface area contributed by atoms with E-state index in [1.165, 1.54) is 0 Å². The molecule has 0 bridgehead atoms. The first-order valence-corrected chi connectivity index (χ1v) is 10.8. The first kappa shape index (κ1) is 18.5. The molecule has 1 atom stereocenters. The van der Waals surface area contributed by atoms with Gasteiger partial charge >= 0.3 is 5.63 Å². The topological polar surface area (TPSA) is 78.4 Å². The molecule has 6 heteroatoms. The fraction of sp³-hybridized carbons (Fsp3) is 0.200. The average Bonchev–Trinajstić information content (AvgIpc) is 2.79. The summed E-state index contributed by atoms with van der Waals surface area (Å²) in [4.78, 5) is 18.1. The maximum atomic E-state index is 13.2. The van der Waals surface area contributed by atoms with Gasteiger partial charge in [0.1, 0.15) is 5.58 Å². The quantitative estimate of drug-likeness (QED) is 0.351. The van der Waals surface area contributed by atoms with Gasteiger partial charge in [0.05, 0.1) is 22.4 Å². The van der Waals surface area contributed by atoms with Crippen LogP contribution in [-0.2, 0) is 12.8 Å². The monoisotopic (exact) mass is 430 g/mol. The predicted molar refractivity (Wildman–Crippen MR) is 120 cm³/mol. The molecule has 0 saturated heterocycles. The minimum absolute atomic E-state index is 0.434. The molecule has 31 heavy (non-hydrogen) atoms. The number of nitrogens with two attached hydrogens (primary N) is 1. The van der Waals surface area contributed by atoms with E-state index < -0.39 is 11.5 Å². The lowest BCUT2D eigenvalue weighted by molar-refractivity contribution is 0.420. The van der Waals surface area contributed by atoms with Crippen molar-refractivity contribution < 1.29 is 9.15 Å². The molecule has 6 rings (SSSR count). The van der Waals surface area contributed by atoms with Gasteiger partial charge in [0.25, 0.3) is 0 Å². The highest BCUT2D eigenvalue weighted by Gasteiger charge is 2.38. The highest BCUT2D eigenvalue weighted by molar-refractivity contribution is 6.30. The van der Waals surface area contributed by atoms with Crippen molar-refractivity contribution in [1.29, 1.82) is 0 Å². The SMILES string of the molecule is Nc1c2c(nc3c1C(c1ccc(Cl)cc1)c1c(c4ccccc4oc1=O)O3)CCCC2. The van der Waals surface area contributed by atoms with E-state index in [4.69, 9.17) is 31.5 Å². The third kappa shape index (κ3) is 2.77. The van der Waals surface area contributed by atoms with Crippen LogP contribution in [0.3, 0.4) is 0 Å². The van der Waals surface area contributed by atoms with Crippen LogP contribution in [0.5, 0.6) is 11.6 Å². The van der Waals surface area contributed by atoms with Gasteiger partial charge in [0, 0.05) is 16.4 Å². The molecule has 0 fully saturated rings. The van der Waals surface area contributed by atoms with Gasteiger partial charge in [0.15, 0.2) is 5.75 Å². The van der Waals surface area contributed by atoms with Crippen LogP contribution < -0.4 is 16.1 Å². The van der Waals surface area contributed by atoms with Crippen LogP contribution in [0.25, 0.3) is 11.0 Å². The first-order valence-electron chi connectivity index (χ1n) is 10.4. The van der Waals surface area contributed by atoms with Gasteiger partial charge in [-0.1, -0.05) is 35.9 Å². The van der Waals surface area contributed by atoms with Gasteiger partial charge in [-0.15, -0.1) is 0 Å². The number of hydrogen-bond acceptors (Lipinski definition) is 5. The molecule has 2 aliphatic rings. The summed E-state index contributed by atoms with van der Waals surface area (Å²) >= 11 is 6.14. The third-order valence-corrected chi connectivity index (χ3v) is 6.55. The molecule has 3 heterocycles. The zero-order valence-corrected chi connectivity index (χ0v) is 17.4. The number of pyridine rings is 1. The molecule has 2 aromatic carbocycles. The summed E-state index contributed by atoms with van der Waals surface area (Å²) in [5.41, 5.74) is 11.6. The van der Waals surface area contributed by atoms with Gasteiger partial charge < -0.3 is 14.9 Å². The second kappa shape index (κ2) is 6.86. The van der Waals surface area contributed by atoms with Crippen LogP contribution in [0.4, 0.5) is 5.69 Å². The number of ether oxygens (including phenoxy) is 1. The molecule has 1 unspecified atom stereocenters. The Balaban J connectivity index is 1.71. The maximum Gasteiger partial charge on any atom is 0.344 e. The molecule has 4 aromatic rings. The summed E-state index contributed by atoms with van der Waals surface area (Å²) in [6.07, 6.45) is 3.93. The molecule has 5 nitrogen and oxygen atoms in total. The number of nitrogen functional groups attached to an aromatic ring is 1. The Morgan fingerprint density at radius 3 is 2.61 bits per heavy atom. The molecule has 2 aromatic heterocycles. The third-order valence-electron chi connectivity index (χ3n) is 6.30. The Morgan fingerprint density at radius 2 is 1.77 bits per heavy atom. The molecule has 0 amide bonds. The summed E-state index contributed by atoms with van der Waals surface area (Å²) in [6.45, 7) is 0. The second-order valence-corrected chi connectivity index (χ2v) is 8.53. The maximum absolute atomic E-state index is 13.2. The van der Waals surface area contributed by atoms with Crippen molar-refractivity contribution in [3.05, 3.63) is 91.9 Å². The number of nitrogens with zero attached hydrogens (tertiary/aromatic N) is 1. The van der Waals surface area contributed by atoms with Crippen LogP contribution in [0.2, 0.25) is 5.02 Å². The van der Waals surface area contributed by atoms with Gasteiger partial charge in [-0.2, -0.15) is 0 Å². The van der Waals surface area contributed by atoms with E-state index in [-0.39, 0.29) is 0 Å². The van der Waals surface area contributed by atoms with Crippen LogP contribution in [0.1, 0.15) is 46.7 Å². The zero-order valence-electron chi connectivity index (χ0n) is 16.7. The zero-order chi connectivity index (χ0) is 21.1.